The van der Waals surface area contributed by atoms with Gasteiger partial charge < -0.3 is 15.4 Å². The van der Waals surface area contributed by atoms with Crippen LogP contribution in [0.15, 0.2) is 24.3 Å². The minimum Gasteiger partial charge on any atom is -0.379 e. The number of halogens is 1. The number of nitrogens with one attached hydrogen (secondary N) is 2. The summed E-state index contributed by atoms with van der Waals surface area (Å²) >= 11 is 5.44. The maximum Gasteiger partial charge on any atom is 0.239 e. The highest BCUT2D eigenvalue weighted by atomic mass is 35.5. The summed E-state index contributed by atoms with van der Waals surface area (Å²) in [7, 11) is 0. The average Bonchev–Trinajstić information content (AvgIpc) is 2.48. The van der Waals surface area contributed by atoms with Crippen LogP contribution in [0.25, 0.3) is 0 Å². The molecule has 1 aromatic rings. The molecule has 0 radical (unpaired) electrons. The standard InChI is InChI=1S/C14H18ClN3O3/c15-9-13(19)16-11-2-1-3-12(8-11)17-14(20)10-18-4-6-21-7-5-18/h1-3,8H,4-7,9-10H2,(H,16,19)(H,17,20). The molecule has 21 heavy (non-hydrogen) atoms. The predicted octanol–water partition coefficient (Wildman–Crippen LogP) is 1.13. The minimum atomic E-state index is -0.284. The van der Waals surface area contributed by atoms with Gasteiger partial charge in [-0.15, -0.1) is 11.6 Å². The van der Waals surface area contributed by atoms with Crippen molar-refractivity contribution in [1.29, 1.82) is 0 Å². The lowest BCUT2D eigenvalue weighted by molar-refractivity contribution is -0.118. The molecule has 2 amide bonds. The Balaban J connectivity index is 1.87. The second-order valence-electron chi connectivity index (χ2n) is 4.70. The topological polar surface area (TPSA) is 70.7 Å². The number of hydrogen-bond donors (Lipinski definition) is 2. The van der Waals surface area contributed by atoms with Crippen molar-refractivity contribution in [2.75, 3.05) is 49.4 Å². The summed E-state index contributed by atoms with van der Waals surface area (Å²) in [5.74, 6) is -0.473. The van der Waals surface area contributed by atoms with Gasteiger partial charge in [-0.1, -0.05) is 6.07 Å². The van der Waals surface area contributed by atoms with Gasteiger partial charge in [-0.2, -0.15) is 0 Å². The van der Waals surface area contributed by atoms with Gasteiger partial charge in [0.25, 0.3) is 0 Å². The highest BCUT2D eigenvalue weighted by molar-refractivity contribution is 6.29. The Bertz CT molecular complexity index is 504. The van der Waals surface area contributed by atoms with Crippen LogP contribution in [0.1, 0.15) is 0 Å². The highest BCUT2D eigenvalue weighted by Crippen LogP contribution is 2.15. The summed E-state index contributed by atoms with van der Waals surface area (Å²) < 4.78 is 5.24. The minimum absolute atomic E-state index is 0.0854. The van der Waals surface area contributed by atoms with Crippen molar-refractivity contribution < 1.29 is 14.3 Å². The van der Waals surface area contributed by atoms with Gasteiger partial charge in [-0.3, -0.25) is 14.5 Å². The zero-order valence-corrected chi connectivity index (χ0v) is 12.4. The maximum atomic E-state index is 12.0. The summed E-state index contributed by atoms with van der Waals surface area (Å²) in [6.07, 6.45) is 0. The maximum absolute atomic E-state index is 12.0. The fourth-order valence-electron chi connectivity index (χ4n) is 2.03. The molecule has 1 aromatic carbocycles. The SMILES string of the molecule is O=C(CCl)Nc1cccc(NC(=O)CN2CCOCC2)c1. The van der Waals surface area contributed by atoms with Gasteiger partial charge in [0.1, 0.15) is 5.88 Å². The molecule has 6 nitrogen and oxygen atoms in total. The number of nitrogens with zero attached hydrogens (tertiary/aromatic N) is 1. The molecule has 0 spiro atoms. The van der Waals surface area contributed by atoms with Crippen molar-refractivity contribution in [3.63, 3.8) is 0 Å². The molecule has 0 bridgehead atoms. The van der Waals surface area contributed by atoms with Crippen molar-refractivity contribution in [2.45, 2.75) is 0 Å². The molecule has 1 fully saturated rings. The van der Waals surface area contributed by atoms with E-state index in [0.29, 0.717) is 31.1 Å². The van der Waals surface area contributed by atoms with E-state index >= 15 is 0 Å². The number of ether oxygens (including phenoxy) is 1. The Morgan fingerprint density at radius 1 is 1.14 bits per heavy atom. The molecule has 2 N–H and O–H groups in total. The van der Waals surface area contributed by atoms with Crippen LogP contribution in [0, 0.1) is 0 Å². The molecule has 0 unspecified atom stereocenters. The first-order chi connectivity index (χ1) is 10.2. The first kappa shape index (κ1) is 15.8. The van der Waals surface area contributed by atoms with Crippen molar-refractivity contribution in [3.05, 3.63) is 24.3 Å². The Labute approximate surface area is 128 Å². The fraction of sp³-hybridized carbons (Fsp3) is 0.429. The summed E-state index contributed by atoms with van der Waals surface area (Å²) in [6, 6.07) is 6.96. The van der Waals surface area contributed by atoms with Crippen molar-refractivity contribution >= 4 is 34.8 Å². The third-order valence-corrected chi connectivity index (χ3v) is 3.27. The second-order valence-corrected chi connectivity index (χ2v) is 4.97. The van der Waals surface area contributed by atoms with Crippen LogP contribution in [0.2, 0.25) is 0 Å². The van der Waals surface area contributed by atoms with Gasteiger partial charge in [0.2, 0.25) is 11.8 Å². The molecule has 1 heterocycles. The third kappa shape index (κ3) is 5.34. The molecule has 1 aliphatic heterocycles. The molecule has 0 aromatic heterocycles. The molecule has 2 rings (SSSR count). The number of anilines is 2. The number of carbonyl (C=O) groups excluding carboxylic acids is 2. The average molecular weight is 312 g/mol. The van der Waals surface area contributed by atoms with Gasteiger partial charge in [-0.05, 0) is 18.2 Å². The van der Waals surface area contributed by atoms with E-state index in [2.05, 4.69) is 10.6 Å². The van der Waals surface area contributed by atoms with E-state index in [0.717, 1.165) is 13.1 Å². The smallest absolute Gasteiger partial charge is 0.239 e. The van der Waals surface area contributed by atoms with Crippen molar-refractivity contribution in [3.8, 4) is 0 Å². The normalized spacial score (nSPS) is 15.5. The van der Waals surface area contributed by atoms with Crippen LogP contribution in [-0.4, -0.2) is 55.4 Å². The first-order valence-electron chi connectivity index (χ1n) is 6.73. The molecule has 1 aliphatic rings. The number of amides is 2. The third-order valence-electron chi connectivity index (χ3n) is 3.02. The molecule has 114 valence electrons. The molecule has 0 atom stereocenters. The van der Waals surface area contributed by atoms with Gasteiger partial charge in [0, 0.05) is 24.5 Å². The Morgan fingerprint density at radius 3 is 2.38 bits per heavy atom. The van der Waals surface area contributed by atoms with Crippen LogP contribution in [0.5, 0.6) is 0 Å². The molecule has 0 saturated carbocycles. The first-order valence-corrected chi connectivity index (χ1v) is 7.26. The largest absolute Gasteiger partial charge is 0.379 e. The van der Waals surface area contributed by atoms with Crippen LogP contribution < -0.4 is 10.6 Å². The summed E-state index contributed by atoms with van der Waals surface area (Å²) in [5.41, 5.74) is 1.24. The number of rotatable bonds is 5. The number of carbonyl (C=O) groups is 2. The van der Waals surface area contributed by atoms with E-state index in [4.69, 9.17) is 16.3 Å². The predicted molar refractivity (Wildman–Crippen MR) is 81.7 cm³/mol. The quantitative estimate of drug-likeness (QED) is 0.800. The molecule has 7 heteroatoms. The summed E-state index contributed by atoms with van der Waals surface area (Å²) in [6.45, 7) is 3.18. The van der Waals surface area contributed by atoms with E-state index in [1.807, 2.05) is 4.90 Å². The molecular weight excluding hydrogens is 294 g/mol. The van der Waals surface area contributed by atoms with Gasteiger partial charge >= 0.3 is 0 Å². The number of hydrogen-bond acceptors (Lipinski definition) is 4. The van der Waals surface area contributed by atoms with Crippen molar-refractivity contribution in [1.82, 2.24) is 4.90 Å². The lowest BCUT2D eigenvalue weighted by Crippen LogP contribution is -2.41. The fourth-order valence-corrected chi connectivity index (χ4v) is 2.10. The zero-order valence-electron chi connectivity index (χ0n) is 11.6. The molecular formula is C14H18ClN3O3. The van der Waals surface area contributed by atoms with Crippen LogP contribution >= 0.6 is 11.6 Å². The number of alkyl halides is 1. The van der Waals surface area contributed by atoms with Gasteiger partial charge in [0.05, 0.1) is 19.8 Å². The van der Waals surface area contributed by atoms with Gasteiger partial charge in [-0.25, -0.2) is 0 Å². The van der Waals surface area contributed by atoms with E-state index in [1.54, 1.807) is 24.3 Å². The Morgan fingerprint density at radius 2 is 1.76 bits per heavy atom. The van der Waals surface area contributed by atoms with Crippen LogP contribution in [0.3, 0.4) is 0 Å². The van der Waals surface area contributed by atoms with Crippen molar-refractivity contribution in [2.24, 2.45) is 0 Å². The Kier molecular flexibility index (Phi) is 5.98. The number of morpholine rings is 1. The second kappa shape index (κ2) is 7.97. The van der Waals surface area contributed by atoms with Gasteiger partial charge in [0.15, 0.2) is 0 Å². The van der Waals surface area contributed by atoms with E-state index in [1.165, 1.54) is 0 Å². The lowest BCUT2D eigenvalue weighted by Gasteiger charge is -2.25. The summed E-state index contributed by atoms with van der Waals surface area (Å²) in [4.78, 5) is 25.2. The van der Waals surface area contributed by atoms with Crippen LogP contribution in [0.4, 0.5) is 11.4 Å². The molecule has 0 aliphatic carbocycles. The van der Waals surface area contributed by atoms with E-state index < -0.39 is 0 Å². The molecule has 1 saturated heterocycles. The number of benzene rings is 1. The Hall–Kier alpha value is -1.63. The summed E-state index contributed by atoms with van der Waals surface area (Å²) in [5, 5.41) is 5.45. The lowest BCUT2D eigenvalue weighted by atomic mass is 10.2. The van der Waals surface area contributed by atoms with Crippen LogP contribution in [-0.2, 0) is 14.3 Å². The zero-order chi connectivity index (χ0) is 15.1. The van der Waals surface area contributed by atoms with E-state index in [9.17, 15) is 9.59 Å². The monoisotopic (exact) mass is 311 g/mol. The highest BCUT2D eigenvalue weighted by Gasteiger charge is 2.14. The van der Waals surface area contributed by atoms with E-state index in [-0.39, 0.29) is 17.7 Å².